The lowest BCUT2D eigenvalue weighted by molar-refractivity contribution is -0.384. The fraction of sp³-hybridized carbons (Fsp3) is 0.217. The summed E-state index contributed by atoms with van der Waals surface area (Å²) in [6, 6.07) is 19.2. The average Bonchev–Trinajstić information content (AvgIpc) is 2.75. The minimum atomic E-state index is -0.458. The third kappa shape index (κ3) is 4.66. The van der Waals surface area contributed by atoms with Crippen molar-refractivity contribution in [2.75, 3.05) is 7.05 Å². The number of carbonyl (C=O) groups excluding carboxylic acids is 2. The smallest absolute Gasteiger partial charge is 0.269 e. The van der Waals surface area contributed by atoms with Crippen molar-refractivity contribution < 1.29 is 14.5 Å². The van der Waals surface area contributed by atoms with Gasteiger partial charge in [-0.25, -0.2) is 0 Å². The number of carbonyl (C=O) groups is 2. The van der Waals surface area contributed by atoms with E-state index in [1.54, 1.807) is 25.2 Å². The second kappa shape index (κ2) is 8.65. The van der Waals surface area contributed by atoms with Gasteiger partial charge < -0.3 is 4.90 Å². The summed E-state index contributed by atoms with van der Waals surface area (Å²) < 4.78 is 0. The minimum Gasteiger partial charge on any atom is -0.339 e. The Morgan fingerprint density at radius 1 is 0.966 bits per heavy atom. The normalized spacial score (nSPS) is 11.8. The number of fused-ring (bicyclic) bond motifs is 1. The van der Waals surface area contributed by atoms with Crippen LogP contribution in [-0.2, 0) is 4.79 Å². The van der Waals surface area contributed by atoms with Gasteiger partial charge in [0.25, 0.3) is 5.69 Å². The van der Waals surface area contributed by atoms with E-state index in [1.165, 1.54) is 17.0 Å². The molecule has 3 rings (SSSR count). The molecule has 0 saturated heterocycles. The Morgan fingerprint density at radius 2 is 1.69 bits per heavy atom. The molecule has 0 heterocycles. The van der Waals surface area contributed by atoms with Gasteiger partial charge in [0.2, 0.25) is 5.91 Å². The first-order chi connectivity index (χ1) is 13.9. The molecule has 3 aromatic carbocycles. The molecule has 1 amide bonds. The first-order valence-electron chi connectivity index (χ1n) is 9.39. The SMILES string of the molecule is C[C@H](c1cccc([N+](=O)[O-])c1)N(C)C(=O)CCC(=O)c1ccc2ccccc2c1. The summed E-state index contributed by atoms with van der Waals surface area (Å²) in [5.41, 5.74) is 1.25. The van der Waals surface area contributed by atoms with Crippen molar-refractivity contribution >= 4 is 28.2 Å². The Bertz CT molecular complexity index is 1080. The molecule has 3 aromatic rings. The minimum absolute atomic E-state index is 0.0123. The fourth-order valence-corrected chi connectivity index (χ4v) is 3.24. The Morgan fingerprint density at radius 3 is 2.41 bits per heavy atom. The predicted molar refractivity (Wildman–Crippen MR) is 112 cm³/mol. The van der Waals surface area contributed by atoms with E-state index in [0.29, 0.717) is 11.1 Å². The monoisotopic (exact) mass is 390 g/mol. The Labute approximate surface area is 168 Å². The molecule has 0 spiro atoms. The molecule has 0 unspecified atom stereocenters. The average molecular weight is 390 g/mol. The molecule has 148 valence electrons. The van der Waals surface area contributed by atoms with Gasteiger partial charge in [-0.3, -0.25) is 19.7 Å². The number of non-ortho nitro benzene ring substituents is 1. The van der Waals surface area contributed by atoms with Gasteiger partial charge in [0, 0.05) is 37.6 Å². The maximum atomic E-state index is 12.6. The van der Waals surface area contributed by atoms with Crippen molar-refractivity contribution in [1.29, 1.82) is 0 Å². The van der Waals surface area contributed by atoms with E-state index in [4.69, 9.17) is 0 Å². The number of hydrogen-bond acceptors (Lipinski definition) is 4. The number of ketones is 1. The van der Waals surface area contributed by atoms with Crippen molar-refractivity contribution in [3.05, 3.63) is 88.0 Å². The zero-order valence-corrected chi connectivity index (χ0v) is 16.4. The highest BCUT2D eigenvalue weighted by Crippen LogP contribution is 2.24. The fourth-order valence-electron chi connectivity index (χ4n) is 3.24. The van der Waals surface area contributed by atoms with Crippen molar-refractivity contribution in [1.82, 2.24) is 4.90 Å². The van der Waals surface area contributed by atoms with Gasteiger partial charge in [0.05, 0.1) is 11.0 Å². The lowest BCUT2D eigenvalue weighted by Crippen LogP contribution is -2.29. The number of benzene rings is 3. The molecule has 0 aliphatic rings. The topological polar surface area (TPSA) is 80.5 Å². The highest BCUT2D eigenvalue weighted by atomic mass is 16.6. The summed E-state index contributed by atoms with van der Waals surface area (Å²) in [7, 11) is 1.65. The summed E-state index contributed by atoms with van der Waals surface area (Å²) >= 11 is 0. The summed E-state index contributed by atoms with van der Waals surface area (Å²) in [5, 5.41) is 13.0. The van der Waals surface area contributed by atoms with Crippen molar-refractivity contribution in [3.8, 4) is 0 Å². The van der Waals surface area contributed by atoms with E-state index in [-0.39, 0.29) is 36.3 Å². The van der Waals surface area contributed by atoms with Crippen LogP contribution in [0.15, 0.2) is 66.7 Å². The van der Waals surface area contributed by atoms with Crippen LogP contribution in [0.25, 0.3) is 10.8 Å². The first kappa shape index (κ1) is 20.2. The zero-order valence-electron chi connectivity index (χ0n) is 16.4. The summed E-state index contributed by atoms with van der Waals surface area (Å²) in [4.78, 5) is 37.1. The highest BCUT2D eigenvalue weighted by molar-refractivity contribution is 6.01. The van der Waals surface area contributed by atoms with E-state index in [2.05, 4.69) is 0 Å². The van der Waals surface area contributed by atoms with E-state index >= 15 is 0 Å². The van der Waals surface area contributed by atoms with Crippen LogP contribution >= 0.6 is 0 Å². The van der Waals surface area contributed by atoms with Crippen molar-refractivity contribution in [3.63, 3.8) is 0 Å². The second-order valence-electron chi connectivity index (χ2n) is 7.02. The van der Waals surface area contributed by atoms with Crippen LogP contribution in [0, 0.1) is 10.1 Å². The maximum absolute atomic E-state index is 12.6. The molecule has 0 radical (unpaired) electrons. The maximum Gasteiger partial charge on any atom is 0.269 e. The van der Waals surface area contributed by atoms with Gasteiger partial charge in [0.15, 0.2) is 5.78 Å². The summed E-state index contributed by atoms with van der Waals surface area (Å²) in [5.74, 6) is -0.265. The largest absolute Gasteiger partial charge is 0.339 e. The molecule has 0 fully saturated rings. The summed E-state index contributed by atoms with van der Waals surface area (Å²) in [6.07, 6.45) is 0.199. The van der Waals surface area contributed by atoms with Gasteiger partial charge in [0.1, 0.15) is 0 Å². The molecule has 0 aromatic heterocycles. The van der Waals surface area contributed by atoms with Crippen LogP contribution < -0.4 is 0 Å². The second-order valence-corrected chi connectivity index (χ2v) is 7.02. The van der Waals surface area contributed by atoms with Crippen LogP contribution in [0.1, 0.15) is 41.7 Å². The van der Waals surface area contributed by atoms with Crippen LogP contribution in [0.5, 0.6) is 0 Å². The molecule has 0 aliphatic heterocycles. The number of Topliss-reactive ketones (excluding diaryl/α,β-unsaturated/α-hetero) is 1. The Hall–Kier alpha value is -3.54. The van der Waals surface area contributed by atoms with E-state index < -0.39 is 4.92 Å². The molecule has 0 aliphatic carbocycles. The van der Waals surface area contributed by atoms with Gasteiger partial charge in [-0.2, -0.15) is 0 Å². The first-order valence-corrected chi connectivity index (χ1v) is 9.39. The van der Waals surface area contributed by atoms with E-state index in [1.807, 2.05) is 43.3 Å². The van der Waals surface area contributed by atoms with E-state index in [0.717, 1.165) is 10.8 Å². The third-order valence-corrected chi connectivity index (χ3v) is 5.18. The molecule has 6 heteroatoms. The molecular formula is C23H22N2O4. The van der Waals surface area contributed by atoms with Gasteiger partial charge >= 0.3 is 0 Å². The molecule has 0 bridgehead atoms. The van der Waals surface area contributed by atoms with Crippen molar-refractivity contribution in [2.45, 2.75) is 25.8 Å². The van der Waals surface area contributed by atoms with E-state index in [9.17, 15) is 19.7 Å². The highest BCUT2D eigenvalue weighted by Gasteiger charge is 2.20. The number of rotatable bonds is 7. The lowest BCUT2D eigenvalue weighted by atomic mass is 10.0. The van der Waals surface area contributed by atoms with Gasteiger partial charge in [-0.05, 0) is 29.3 Å². The lowest BCUT2D eigenvalue weighted by Gasteiger charge is -2.25. The van der Waals surface area contributed by atoms with Crippen molar-refractivity contribution in [2.24, 2.45) is 0 Å². The molecule has 1 atom stereocenters. The third-order valence-electron chi connectivity index (χ3n) is 5.18. The molecule has 0 saturated carbocycles. The standard InChI is InChI=1S/C23H22N2O4/c1-16(18-8-5-9-21(15-18)25(28)29)24(2)23(27)13-12-22(26)20-11-10-17-6-3-4-7-19(17)14-20/h3-11,14-16H,12-13H2,1-2H3/t16-/m1/s1. The quantitative estimate of drug-likeness (QED) is 0.325. The molecule has 6 nitrogen and oxygen atoms in total. The van der Waals surface area contributed by atoms with Crippen LogP contribution in [0.2, 0.25) is 0 Å². The Kier molecular flexibility index (Phi) is 6.02. The van der Waals surface area contributed by atoms with Crippen LogP contribution in [-0.4, -0.2) is 28.6 Å². The Balaban J connectivity index is 1.63. The number of nitro groups is 1. The zero-order chi connectivity index (χ0) is 21.0. The van der Waals surface area contributed by atoms with Crippen LogP contribution in [0.4, 0.5) is 5.69 Å². The summed E-state index contributed by atoms with van der Waals surface area (Å²) in [6.45, 7) is 1.81. The van der Waals surface area contributed by atoms with Gasteiger partial charge in [-0.1, -0.05) is 48.5 Å². The molecule has 0 N–H and O–H groups in total. The number of nitro benzene ring substituents is 1. The van der Waals surface area contributed by atoms with Gasteiger partial charge in [-0.15, -0.1) is 0 Å². The predicted octanol–water partition coefficient (Wildman–Crippen LogP) is 4.93. The molecular weight excluding hydrogens is 368 g/mol. The number of hydrogen-bond donors (Lipinski definition) is 0. The number of amides is 1. The van der Waals surface area contributed by atoms with Crippen LogP contribution in [0.3, 0.4) is 0 Å². The number of nitrogens with zero attached hydrogens (tertiary/aromatic N) is 2. The molecule has 29 heavy (non-hydrogen) atoms.